The third-order valence-corrected chi connectivity index (χ3v) is 5.28. The van der Waals surface area contributed by atoms with E-state index in [1.54, 1.807) is 6.07 Å². The Morgan fingerprint density at radius 2 is 1.68 bits per heavy atom. The van der Waals surface area contributed by atoms with Gasteiger partial charge in [-0.05, 0) is 36.5 Å². The van der Waals surface area contributed by atoms with Gasteiger partial charge < -0.3 is 5.32 Å². The summed E-state index contributed by atoms with van der Waals surface area (Å²) >= 11 is 0. The second-order valence-corrected chi connectivity index (χ2v) is 6.87. The average molecular weight is 381 g/mol. The molecule has 2 nitrogen and oxygen atoms in total. The Hall–Kier alpha value is -0.850. The van der Waals surface area contributed by atoms with Crippen LogP contribution in [0.1, 0.15) is 49.3 Å². The number of piperazine rings is 1. The summed E-state index contributed by atoms with van der Waals surface area (Å²) in [5.74, 6) is -0.836. The summed E-state index contributed by atoms with van der Waals surface area (Å²) in [6.07, 6.45) is 0.866. The van der Waals surface area contributed by atoms with E-state index in [-0.39, 0.29) is 18.4 Å². The molecule has 0 amide bonds. The van der Waals surface area contributed by atoms with Gasteiger partial charge in [0.1, 0.15) is 5.82 Å². The van der Waals surface area contributed by atoms with Gasteiger partial charge in [-0.15, -0.1) is 12.4 Å². The SMILES string of the molecule is Cl.Fc1ccc([C@@H](C2CCCCC2)N2CCNCC2)cc1C(F)(F)F. The van der Waals surface area contributed by atoms with Crippen molar-refractivity contribution in [3.63, 3.8) is 0 Å². The van der Waals surface area contributed by atoms with Gasteiger partial charge >= 0.3 is 6.18 Å². The van der Waals surface area contributed by atoms with E-state index >= 15 is 0 Å². The van der Waals surface area contributed by atoms with E-state index in [1.807, 2.05) is 0 Å². The highest BCUT2D eigenvalue weighted by atomic mass is 35.5. The van der Waals surface area contributed by atoms with Crippen LogP contribution in [0, 0.1) is 11.7 Å². The quantitative estimate of drug-likeness (QED) is 0.758. The first kappa shape index (κ1) is 20.5. The molecule has 0 spiro atoms. The van der Waals surface area contributed by atoms with Gasteiger partial charge in [0, 0.05) is 32.2 Å². The molecule has 7 heteroatoms. The van der Waals surface area contributed by atoms with E-state index in [2.05, 4.69) is 10.2 Å². The minimum absolute atomic E-state index is 0. The van der Waals surface area contributed by atoms with Gasteiger partial charge in [0.2, 0.25) is 0 Å². The lowest BCUT2D eigenvalue weighted by molar-refractivity contribution is -0.140. The largest absolute Gasteiger partial charge is 0.419 e. The van der Waals surface area contributed by atoms with E-state index in [0.29, 0.717) is 11.5 Å². The summed E-state index contributed by atoms with van der Waals surface area (Å²) in [5, 5.41) is 3.29. The van der Waals surface area contributed by atoms with E-state index in [0.717, 1.165) is 64.0 Å². The monoisotopic (exact) mass is 380 g/mol. The summed E-state index contributed by atoms with van der Waals surface area (Å²) in [4.78, 5) is 2.28. The minimum Gasteiger partial charge on any atom is -0.314 e. The Labute approximate surface area is 152 Å². The molecule has 2 aliphatic rings. The molecule has 142 valence electrons. The Kier molecular flexibility index (Phi) is 7.11. The molecular formula is C18H25ClF4N2. The molecule has 1 aliphatic heterocycles. The minimum atomic E-state index is -4.65. The second kappa shape index (κ2) is 8.69. The van der Waals surface area contributed by atoms with Crippen LogP contribution in [0.15, 0.2) is 18.2 Å². The molecule has 0 aromatic heterocycles. The number of halogens is 5. The Bertz CT molecular complexity index is 534. The maximum Gasteiger partial charge on any atom is 0.419 e. The zero-order chi connectivity index (χ0) is 17.2. The number of hydrogen-bond donors (Lipinski definition) is 1. The molecule has 1 saturated heterocycles. The average Bonchev–Trinajstić information content (AvgIpc) is 2.57. The fraction of sp³-hybridized carbons (Fsp3) is 0.667. The first-order valence-electron chi connectivity index (χ1n) is 8.78. The molecule has 0 bridgehead atoms. The van der Waals surface area contributed by atoms with Crippen LogP contribution >= 0.6 is 12.4 Å². The molecule has 25 heavy (non-hydrogen) atoms. The lowest BCUT2D eigenvalue weighted by atomic mass is 9.80. The van der Waals surface area contributed by atoms with Crippen molar-refractivity contribution >= 4 is 12.4 Å². The van der Waals surface area contributed by atoms with Crippen LogP contribution in [-0.2, 0) is 6.18 Å². The van der Waals surface area contributed by atoms with Crippen molar-refractivity contribution in [2.75, 3.05) is 26.2 Å². The molecule has 1 N–H and O–H groups in total. The maximum absolute atomic E-state index is 13.7. The second-order valence-electron chi connectivity index (χ2n) is 6.87. The third kappa shape index (κ3) is 4.86. The molecule has 3 rings (SSSR count). The summed E-state index contributed by atoms with van der Waals surface area (Å²) in [5.41, 5.74) is -0.534. The fourth-order valence-electron chi connectivity index (χ4n) is 4.14. The van der Waals surface area contributed by atoms with Crippen molar-refractivity contribution in [1.82, 2.24) is 10.2 Å². The summed E-state index contributed by atoms with van der Waals surface area (Å²) in [6.45, 7) is 3.33. The Morgan fingerprint density at radius 3 is 2.28 bits per heavy atom. The van der Waals surface area contributed by atoms with Gasteiger partial charge in [0.25, 0.3) is 0 Å². The molecule has 0 unspecified atom stereocenters. The van der Waals surface area contributed by atoms with Crippen molar-refractivity contribution in [1.29, 1.82) is 0 Å². The number of hydrogen-bond acceptors (Lipinski definition) is 2. The fourth-order valence-corrected chi connectivity index (χ4v) is 4.14. The highest BCUT2D eigenvalue weighted by molar-refractivity contribution is 5.85. The van der Waals surface area contributed by atoms with Crippen LogP contribution in [-0.4, -0.2) is 31.1 Å². The van der Waals surface area contributed by atoms with Gasteiger partial charge in [-0.25, -0.2) is 4.39 Å². The number of benzene rings is 1. The van der Waals surface area contributed by atoms with Crippen molar-refractivity contribution < 1.29 is 17.6 Å². The smallest absolute Gasteiger partial charge is 0.314 e. The predicted molar refractivity (Wildman–Crippen MR) is 92.4 cm³/mol. The van der Waals surface area contributed by atoms with E-state index in [9.17, 15) is 17.6 Å². The van der Waals surface area contributed by atoms with E-state index in [1.165, 1.54) is 6.42 Å². The molecule has 1 aromatic carbocycles. The molecule has 0 radical (unpaired) electrons. The predicted octanol–water partition coefficient (Wildman–Crippen LogP) is 4.79. The first-order valence-corrected chi connectivity index (χ1v) is 8.78. The van der Waals surface area contributed by atoms with Crippen molar-refractivity contribution in [2.45, 2.75) is 44.3 Å². The topological polar surface area (TPSA) is 15.3 Å². The lowest BCUT2D eigenvalue weighted by Crippen LogP contribution is -2.47. The highest BCUT2D eigenvalue weighted by Crippen LogP contribution is 2.40. The number of nitrogens with zero attached hydrogens (tertiary/aromatic N) is 1. The normalized spacial score (nSPS) is 21.6. The van der Waals surface area contributed by atoms with E-state index < -0.39 is 17.6 Å². The first-order chi connectivity index (χ1) is 11.5. The van der Waals surface area contributed by atoms with Crippen LogP contribution in [0.25, 0.3) is 0 Å². The van der Waals surface area contributed by atoms with Crippen LogP contribution in [0.5, 0.6) is 0 Å². The van der Waals surface area contributed by atoms with Crippen LogP contribution in [0.3, 0.4) is 0 Å². The molecule has 1 aliphatic carbocycles. The van der Waals surface area contributed by atoms with Gasteiger partial charge in [-0.2, -0.15) is 13.2 Å². The van der Waals surface area contributed by atoms with Crippen molar-refractivity contribution in [3.05, 3.63) is 35.1 Å². The van der Waals surface area contributed by atoms with Crippen molar-refractivity contribution in [2.24, 2.45) is 5.92 Å². The molecular weight excluding hydrogens is 356 g/mol. The molecule has 1 aromatic rings. The molecule has 1 saturated carbocycles. The van der Waals surface area contributed by atoms with E-state index in [4.69, 9.17) is 0 Å². The standard InChI is InChI=1S/C18H24F4N2.ClH/c19-16-7-6-14(12-15(16)18(20,21)22)17(13-4-2-1-3-5-13)24-10-8-23-9-11-24;/h6-7,12-13,17,23H,1-5,8-11H2;1H/t17-;/m1./s1. The summed E-state index contributed by atoms with van der Waals surface area (Å²) < 4.78 is 53.0. The maximum atomic E-state index is 13.7. The Morgan fingerprint density at radius 1 is 1.04 bits per heavy atom. The number of rotatable bonds is 3. The number of nitrogens with one attached hydrogen (secondary N) is 1. The van der Waals surface area contributed by atoms with Gasteiger partial charge in [0.05, 0.1) is 5.56 Å². The zero-order valence-corrected chi connectivity index (χ0v) is 14.9. The molecule has 1 atom stereocenters. The van der Waals surface area contributed by atoms with Gasteiger partial charge in [-0.3, -0.25) is 4.90 Å². The third-order valence-electron chi connectivity index (χ3n) is 5.28. The highest BCUT2D eigenvalue weighted by Gasteiger charge is 2.37. The zero-order valence-electron chi connectivity index (χ0n) is 14.1. The summed E-state index contributed by atoms with van der Waals surface area (Å²) in [6, 6.07) is 3.52. The van der Waals surface area contributed by atoms with Crippen LogP contribution in [0.4, 0.5) is 17.6 Å². The van der Waals surface area contributed by atoms with Crippen molar-refractivity contribution in [3.8, 4) is 0 Å². The summed E-state index contributed by atoms with van der Waals surface area (Å²) in [7, 11) is 0. The molecule has 1 heterocycles. The molecule has 2 fully saturated rings. The van der Waals surface area contributed by atoms with Crippen LogP contribution < -0.4 is 5.32 Å². The van der Waals surface area contributed by atoms with Gasteiger partial charge in [-0.1, -0.05) is 25.3 Å². The lowest BCUT2D eigenvalue weighted by Gasteiger charge is -2.41. The van der Waals surface area contributed by atoms with Crippen LogP contribution in [0.2, 0.25) is 0 Å². The Balaban J connectivity index is 0.00000225. The van der Waals surface area contributed by atoms with Gasteiger partial charge in [0.15, 0.2) is 0 Å². The number of alkyl halides is 3.